The number of rotatable bonds is 2. The van der Waals surface area contributed by atoms with Gasteiger partial charge in [0.1, 0.15) is 6.29 Å². The molecule has 4 rings (SSSR count). The molecule has 0 atom stereocenters. The number of aromatic nitrogens is 2. The summed E-state index contributed by atoms with van der Waals surface area (Å²) < 4.78 is 43.1. The van der Waals surface area contributed by atoms with E-state index in [0.29, 0.717) is 37.9 Å². The van der Waals surface area contributed by atoms with Crippen LogP contribution in [0.25, 0.3) is 0 Å². The van der Waals surface area contributed by atoms with E-state index in [9.17, 15) is 18.0 Å². The number of carbonyl (C=O) groups excluding carboxylic acids is 1. The van der Waals surface area contributed by atoms with Crippen LogP contribution in [0.5, 0.6) is 0 Å². The lowest BCUT2D eigenvalue weighted by atomic mass is 9.65. The molecule has 1 saturated carbocycles. The summed E-state index contributed by atoms with van der Waals surface area (Å²) in [5, 5.41) is 0. The number of nitrogens with zero attached hydrogens (tertiary/aromatic N) is 2. The van der Waals surface area contributed by atoms with Crippen LogP contribution in [0.4, 0.5) is 13.2 Å². The summed E-state index contributed by atoms with van der Waals surface area (Å²) in [6.07, 6.45) is 1.39. The molecule has 2 aliphatic heterocycles. The van der Waals surface area contributed by atoms with Gasteiger partial charge in [-0.25, -0.2) is 9.97 Å². The van der Waals surface area contributed by atoms with Crippen LogP contribution in [-0.4, -0.2) is 22.9 Å². The van der Waals surface area contributed by atoms with Crippen LogP contribution in [0, 0.1) is 5.41 Å². The zero-order valence-electron chi connectivity index (χ0n) is 10.6. The highest BCUT2D eigenvalue weighted by Crippen LogP contribution is 2.52. The molecule has 7 heteroatoms. The lowest BCUT2D eigenvalue weighted by molar-refractivity contribution is -0.186. The third-order valence-electron chi connectivity index (χ3n) is 4.37. The molecule has 0 radical (unpaired) electrons. The largest absolute Gasteiger partial charge is 0.451 e. The third kappa shape index (κ3) is 2.00. The van der Waals surface area contributed by atoms with Gasteiger partial charge in [-0.2, -0.15) is 13.2 Å². The fourth-order valence-electron chi connectivity index (χ4n) is 2.96. The quantitative estimate of drug-likeness (QED) is 0.784. The molecule has 3 fully saturated rings. The Morgan fingerprint density at radius 1 is 1.15 bits per heavy atom. The van der Waals surface area contributed by atoms with Crippen LogP contribution in [-0.2, 0) is 21.3 Å². The minimum absolute atomic E-state index is 0.317. The second-order valence-electron chi connectivity index (χ2n) is 5.56. The van der Waals surface area contributed by atoms with Gasteiger partial charge in [-0.15, -0.1) is 0 Å². The van der Waals surface area contributed by atoms with Crippen LogP contribution >= 0.6 is 0 Å². The summed E-state index contributed by atoms with van der Waals surface area (Å²) in [4.78, 5) is 17.9. The van der Waals surface area contributed by atoms with E-state index in [0.717, 1.165) is 6.29 Å². The molecule has 108 valence electrons. The number of halogens is 3. The molecule has 1 aliphatic carbocycles. The maximum atomic E-state index is 12.4. The van der Waals surface area contributed by atoms with Crippen LogP contribution in [0.3, 0.4) is 0 Å². The first-order valence-electron chi connectivity index (χ1n) is 6.39. The highest BCUT2D eigenvalue weighted by atomic mass is 19.4. The van der Waals surface area contributed by atoms with Crippen molar-refractivity contribution in [1.29, 1.82) is 0 Å². The average molecular weight is 286 g/mol. The Morgan fingerprint density at radius 3 is 2.15 bits per heavy atom. The lowest BCUT2D eigenvalue weighted by Crippen LogP contribution is -2.50. The third-order valence-corrected chi connectivity index (χ3v) is 4.37. The molecule has 0 spiro atoms. The molecule has 3 aliphatic rings. The normalized spacial score (nSPS) is 33.1. The number of aldehydes is 1. The van der Waals surface area contributed by atoms with Gasteiger partial charge in [0.05, 0.1) is 12.2 Å². The molecule has 0 N–H and O–H groups in total. The van der Waals surface area contributed by atoms with Crippen molar-refractivity contribution in [2.75, 3.05) is 6.61 Å². The molecule has 2 bridgehead atoms. The molecule has 3 heterocycles. The zero-order valence-corrected chi connectivity index (χ0v) is 10.6. The van der Waals surface area contributed by atoms with Gasteiger partial charge in [0.15, 0.2) is 0 Å². The highest BCUT2D eigenvalue weighted by Gasteiger charge is 2.51. The van der Waals surface area contributed by atoms with E-state index < -0.39 is 23.0 Å². The minimum atomic E-state index is -4.54. The van der Waals surface area contributed by atoms with E-state index in [4.69, 9.17) is 4.74 Å². The van der Waals surface area contributed by atoms with Gasteiger partial charge in [-0.3, -0.25) is 0 Å². The monoisotopic (exact) mass is 286 g/mol. The first-order chi connectivity index (χ1) is 9.39. The van der Waals surface area contributed by atoms with E-state index in [1.807, 2.05) is 0 Å². The lowest BCUT2D eigenvalue weighted by Gasteiger charge is -2.50. The number of hydrogen-bond donors (Lipinski definition) is 0. The van der Waals surface area contributed by atoms with Crippen molar-refractivity contribution in [2.24, 2.45) is 5.41 Å². The average Bonchev–Trinajstić information content (AvgIpc) is 2.48. The maximum absolute atomic E-state index is 12.4. The molecule has 20 heavy (non-hydrogen) atoms. The molecular weight excluding hydrogens is 273 g/mol. The van der Waals surface area contributed by atoms with Gasteiger partial charge in [0, 0.05) is 23.4 Å². The van der Waals surface area contributed by atoms with E-state index in [-0.39, 0.29) is 0 Å². The van der Waals surface area contributed by atoms with Crippen molar-refractivity contribution in [3.8, 4) is 0 Å². The van der Waals surface area contributed by atoms with Crippen molar-refractivity contribution in [2.45, 2.75) is 37.5 Å². The molecule has 1 aromatic rings. The predicted octanol–water partition coefficient (Wildman–Crippen LogP) is 2.48. The Morgan fingerprint density at radius 2 is 1.75 bits per heavy atom. The summed E-state index contributed by atoms with van der Waals surface area (Å²) in [5.41, 5.74) is -0.478. The summed E-state index contributed by atoms with van der Waals surface area (Å²) in [6.45, 7) is 0.317. The summed E-state index contributed by atoms with van der Waals surface area (Å²) in [7, 11) is 0. The van der Waals surface area contributed by atoms with E-state index in [1.165, 1.54) is 12.4 Å². The molecule has 2 saturated heterocycles. The van der Waals surface area contributed by atoms with Gasteiger partial charge in [0.2, 0.25) is 5.82 Å². The van der Waals surface area contributed by atoms with Crippen LogP contribution < -0.4 is 0 Å². The summed E-state index contributed by atoms with van der Waals surface area (Å²) >= 11 is 0. The fourth-order valence-corrected chi connectivity index (χ4v) is 2.96. The van der Waals surface area contributed by atoms with Crippen LogP contribution in [0.15, 0.2) is 12.4 Å². The van der Waals surface area contributed by atoms with E-state index in [2.05, 4.69) is 9.97 Å². The van der Waals surface area contributed by atoms with E-state index >= 15 is 0 Å². The topological polar surface area (TPSA) is 52.1 Å². The van der Waals surface area contributed by atoms with Crippen molar-refractivity contribution < 1.29 is 22.7 Å². The number of hydrogen-bond acceptors (Lipinski definition) is 4. The van der Waals surface area contributed by atoms with Gasteiger partial charge < -0.3 is 9.53 Å². The Kier molecular flexibility index (Phi) is 2.86. The molecule has 0 unspecified atom stereocenters. The van der Waals surface area contributed by atoms with Crippen LogP contribution in [0.2, 0.25) is 0 Å². The predicted molar refractivity (Wildman–Crippen MR) is 61.6 cm³/mol. The molecule has 1 aromatic heterocycles. The Bertz CT molecular complexity index is 503. The summed E-state index contributed by atoms with van der Waals surface area (Å²) in [6, 6.07) is 0. The molecule has 0 aromatic carbocycles. The Labute approximate surface area is 113 Å². The standard InChI is InChI=1S/C13H13F3N2O2/c14-13(15,16)10-17-5-9(6-18-10)12-3-1-11(7-19,2-4-12)8-20-12/h5-7H,1-4,8H2. The second-order valence-corrected chi connectivity index (χ2v) is 5.56. The smallest absolute Gasteiger partial charge is 0.369 e. The number of fused-ring (bicyclic) bond motifs is 3. The zero-order chi connectivity index (χ0) is 14.4. The molecule has 4 nitrogen and oxygen atoms in total. The van der Waals surface area contributed by atoms with Gasteiger partial charge in [0.25, 0.3) is 0 Å². The Hall–Kier alpha value is -1.50. The minimum Gasteiger partial charge on any atom is -0.369 e. The first kappa shape index (κ1) is 13.5. The summed E-state index contributed by atoms with van der Waals surface area (Å²) in [5.74, 6) is -1.15. The van der Waals surface area contributed by atoms with Crippen molar-refractivity contribution in [3.63, 3.8) is 0 Å². The molecular formula is C13H13F3N2O2. The second kappa shape index (κ2) is 4.25. The molecule has 0 amide bonds. The number of carbonyl (C=O) groups is 1. The first-order valence-corrected chi connectivity index (χ1v) is 6.39. The van der Waals surface area contributed by atoms with Crippen molar-refractivity contribution >= 4 is 6.29 Å². The fraction of sp³-hybridized carbons (Fsp3) is 0.615. The van der Waals surface area contributed by atoms with Crippen molar-refractivity contribution in [1.82, 2.24) is 9.97 Å². The number of alkyl halides is 3. The van der Waals surface area contributed by atoms with Crippen molar-refractivity contribution in [3.05, 3.63) is 23.8 Å². The SMILES string of the molecule is O=CC12CCC(c3cnc(C(F)(F)F)nc3)(CC1)OC2. The maximum Gasteiger partial charge on any atom is 0.451 e. The van der Waals surface area contributed by atoms with Gasteiger partial charge in [-0.1, -0.05) is 0 Å². The van der Waals surface area contributed by atoms with Gasteiger partial charge in [-0.05, 0) is 25.7 Å². The highest BCUT2D eigenvalue weighted by molar-refractivity contribution is 5.60. The Balaban J connectivity index is 1.86. The van der Waals surface area contributed by atoms with Crippen LogP contribution in [0.1, 0.15) is 37.1 Å². The van der Waals surface area contributed by atoms with E-state index in [1.54, 1.807) is 0 Å². The van der Waals surface area contributed by atoms with Gasteiger partial charge >= 0.3 is 6.18 Å². The number of ether oxygens (including phenoxy) is 1.